The number of hydrogen-bond donors (Lipinski definition) is 0. The van der Waals surface area contributed by atoms with Gasteiger partial charge in [0.25, 0.3) is 0 Å². The number of rotatable bonds is 5. The molecule has 2 aliphatic rings. The van der Waals surface area contributed by atoms with Crippen LogP contribution >= 0.6 is 0 Å². The van der Waals surface area contributed by atoms with Crippen LogP contribution in [-0.4, -0.2) is 33.2 Å². The van der Waals surface area contributed by atoms with Crippen LogP contribution in [0.1, 0.15) is 53.9 Å². The second-order valence-electron chi connectivity index (χ2n) is 9.19. The molecule has 1 saturated carbocycles. The van der Waals surface area contributed by atoms with Gasteiger partial charge in [-0.1, -0.05) is 35.9 Å². The lowest BCUT2D eigenvalue weighted by Gasteiger charge is -2.31. The first kappa shape index (κ1) is 22.1. The minimum Gasteiger partial charge on any atom is -0.298 e. The molecule has 1 aliphatic heterocycles. The first-order chi connectivity index (χ1) is 14.8. The van der Waals surface area contributed by atoms with Crippen LogP contribution in [0.15, 0.2) is 47.4 Å². The number of Topliss-reactive ketones (excluding diaryl/α,β-unsaturated/α-hetero) is 2. The number of hydrogen-bond acceptors (Lipinski definition) is 3. The van der Waals surface area contributed by atoms with Crippen LogP contribution in [0, 0.1) is 32.6 Å². The molecule has 164 valence electrons. The Bertz CT molecular complexity index is 986. The maximum absolute atomic E-state index is 13.3. The highest BCUT2D eigenvalue weighted by molar-refractivity contribution is 7.82. The zero-order chi connectivity index (χ0) is 22.1. The summed E-state index contributed by atoms with van der Waals surface area (Å²) in [7, 11) is -1.13. The summed E-state index contributed by atoms with van der Waals surface area (Å²) in [5.74, 6) is -0.169. The average Bonchev–Trinajstić information content (AvgIpc) is 3.01. The highest BCUT2D eigenvalue weighted by Crippen LogP contribution is 2.40. The number of aryl methyl sites for hydroxylation is 3. The quantitative estimate of drug-likeness (QED) is 0.638. The summed E-state index contributed by atoms with van der Waals surface area (Å²) < 4.78 is 14.8. The third-order valence-corrected chi connectivity index (χ3v) is 8.36. The third-order valence-electron chi connectivity index (χ3n) is 6.85. The molecule has 1 aliphatic carbocycles. The molecule has 2 fully saturated rings. The summed E-state index contributed by atoms with van der Waals surface area (Å²) in [5.41, 5.74) is 4.17. The topological polar surface area (TPSA) is 54.5 Å². The summed E-state index contributed by atoms with van der Waals surface area (Å²) in [6, 6.07) is 13.7. The molecule has 1 saturated heterocycles. The lowest BCUT2D eigenvalue weighted by atomic mass is 9.83. The van der Waals surface area contributed by atoms with E-state index in [0.29, 0.717) is 12.3 Å². The monoisotopic (exact) mass is 437 g/mol. The van der Waals surface area contributed by atoms with E-state index in [1.54, 1.807) is 0 Å². The van der Waals surface area contributed by atoms with Gasteiger partial charge in [0.1, 0.15) is 22.7 Å². The number of carbonyl (C=O) groups is 2. The molecule has 2 aromatic rings. The Morgan fingerprint density at radius 3 is 2.19 bits per heavy atom. The molecule has 5 heteroatoms. The van der Waals surface area contributed by atoms with Gasteiger partial charge in [0.2, 0.25) is 0 Å². The Kier molecular flexibility index (Phi) is 6.54. The van der Waals surface area contributed by atoms with Crippen molar-refractivity contribution in [2.45, 2.75) is 57.3 Å². The van der Waals surface area contributed by atoms with E-state index in [4.69, 9.17) is 0 Å². The fraction of sp³-hybridized carbons (Fsp3) is 0.462. The van der Waals surface area contributed by atoms with E-state index in [2.05, 4.69) is 12.1 Å². The van der Waals surface area contributed by atoms with Crippen LogP contribution in [0.25, 0.3) is 0 Å². The fourth-order valence-corrected chi connectivity index (χ4v) is 6.63. The molecule has 4 rings (SSSR count). The van der Waals surface area contributed by atoms with Gasteiger partial charge in [-0.15, -0.1) is 0 Å². The molecule has 3 atom stereocenters. The second kappa shape index (κ2) is 9.17. The molecule has 0 N–H and O–H groups in total. The van der Waals surface area contributed by atoms with Gasteiger partial charge in [-0.25, -0.2) is 8.51 Å². The van der Waals surface area contributed by atoms with Crippen LogP contribution in [0.3, 0.4) is 0 Å². The molecule has 4 nitrogen and oxygen atoms in total. The number of piperidine rings is 1. The van der Waals surface area contributed by atoms with Crippen molar-refractivity contribution in [1.29, 1.82) is 0 Å². The Balaban J connectivity index is 1.39. The Morgan fingerprint density at radius 1 is 0.968 bits per heavy atom. The normalized spacial score (nSPS) is 24.0. The molecule has 3 unspecified atom stereocenters. The van der Waals surface area contributed by atoms with E-state index < -0.39 is 16.9 Å². The van der Waals surface area contributed by atoms with Crippen LogP contribution in [0.2, 0.25) is 0 Å². The van der Waals surface area contributed by atoms with Gasteiger partial charge >= 0.3 is 0 Å². The lowest BCUT2D eigenvalue weighted by Crippen LogP contribution is -2.36. The molecule has 0 aromatic heterocycles. The third kappa shape index (κ3) is 4.58. The number of nitrogens with zero attached hydrogens (tertiary/aromatic N) is 1. The maximum atomic E-state index is 13.3. The van der Waals surface area contributed by atoms with Gasteiger partial charge in [0, 0.05) is 25.4 Å². The molecule has 2 aromatic carbocycles. The predicted octanol–water partition coefficient (Wildman–Crippen LogP) is 4.68. The highest BCUT2D eigenvalue weighted by Gasteiger charge is 2.44. The van der Waals surface area contributed by atoms with E-state index in [1.807, 2.05) is 55.4 Å². The Labute approximate surface area is 187 Å². The van der Waals surface area contributed by atoms with Gasteiger partial charge in [0.15, 0.2) is 5.78 Å². The first-order valence-electron chi connectivity index (χ1n) is 11.2. The number of ketones is 2. The minimum atomic E-state index is -1.13. The van der Waals surface area contributed by atoms with Gasteiger partial charge in [-0.3, -0.25) is 9.59 Å². The predicted molar refractivity (Wildman–Crippen MR) is 123 cm³/mol. The van der Waals surface area contributed by atoms with E-state index in [9.17, 15) is 13.8 Å². The van der Waals surface area contributed by atoms with E-state index in [0.717, 1.165) is 59.5 Å². The van der Waals surface area contributed by atoms with Gasteiger partial charge < -0.3 is 0 Å². The number of benzene rings is 2. The summed E-state index contributed by atoms with van der Waals surface area (Å²) in [6.07, 6.45) is 2.98. The lowest BCUT2D eigenvalue weighted by molar-refractivity contribution is -0.125. The standard InChI is InChI=1S/C26H31NO3S/c1-17-13-18(2)24(19(3)14-17)25-23(28)16-21(26(25)29)15-20-9-11-27(12-10-20)31(30)22-7-5-4-6-8-22/h4-8,13-14,20-21,25H,9-12,15-16H2,1-3H3. The van der Waals surface area contributed by atoms with Crippen molar-refractivity contribution >= 4 is 22.6 Å². The average molecular weight is 438 g/mol. The zero-order valence-corrected chi connectivity index (χ0v) is 19.4. The van der Waals surface area contributed by atoms with Crippen molar-refractivity contribution in [2.24, 2.45) is 11.8 Å². The van der Waals surface area contributed by atoms with Crippen LogP contribution in [0.4, 0.5) is 0 Å². The maximum Gasteiger partial charge on any atom is 0.151 e. The first-order valence-corrected chi connectivity index (χ1v) is 12.3. The smallest absolute Gasteiger partial charge is 0.151 e. The minimum absolute atomic E-state index is 0.0765. The largest absolute Gasteiger partial charge is 0.298 e. The molecule has 0 radical (unpaired) electrons. The molecule has 1 heterocycles. The van der Waals surface area contributed by atoms with Crippen molar-refractivity contribution < 1.29 is 13.8 Å². The van der Waals surface area contributed by atoms with Gasteiger partial charge in [-0.2, -0.15) is 0 Å². The van der Waals surface area contributed by atoms with Gasteiger partial charge in [0.05, 0.1) is 4.90 Å². The van der Waals surface area contributed by atoms with Crippen LogP contribution in [-0.2, 0) is 20.6 Å². The highest BCUT2D eigenvalue weighted by atomic mass is 32.2. The summed E-state index contributed by atoms with van der Waals surface area (Å²) in [4.78, 5) is 26.9. The van der Waals surface area contributed by atoms with Crippen molar-refractivity contribution in [2.75, 3.05) is 13.1 Å². The SMILES string of the molecule is Cc1cc(C)c(C2C(=O)CC(CC3CCN(S(=O)c4ccccc4)CC3)C2=O)c(C)c1. The molecule has 0 bridgehead atoms. The van der Waals surface area contributed by atoms with Crippen molar-refractivity contribution in [1.82, 2.24) is 4.31 Å². The molecule has 0 spiro atoms. The summed E-state index contributed by atoms with van der Waals surface area (Å²) in [6.45, 7) is 7.58. The van der Waals surface area contributed by atoms with Crippen molar-refractivity contribution in [3.05, 3.63) is 64.7 Å². The molecule has 31 heavy (non-hydrogen) atoms. The second-order valence-corrected chi connectivity index (χ2v) is 10.7. The van der Waals surface area contributed by atoms with E-state index in [-0.39, 0.29) is 17.5 Å². The van der Waals surface area contributed by atoms with Crippen LogP contribution < -0.4 is 0 Å². The zero-order valence-electron chi connectivity index (χ0n) is 18.6. The molecular weight excluding hydrogens is 406 g/mol. The fourth-order valence-electron chi connectivity index (χ4n) is 5.40. The van der Waals surface area contributed by atoms with Crippen LogP contribution in [0.5, 0.6) is 0 Å². The Morgan fingerprint density at radius 2 is 1.58 bits per heavy atom. The van der Waals surface area contributed by atoms with E-state index in [1.165, 1.54) is 0 Å². The molecule has 0 amide bonds. The summed E-state index contributed by atoms with van der Waals surface area (Å²) in [5, 5.41) is 0. The van der Waals surface area contributed by atoms with Gasteiger partial charge in [-0.05, 0) is 74.8 Å². The number of carbonyl (C=O) groups excluding carboxylic acids is 2. The Hall–Kier alpha value is -2.11. The van der Waals surface area contributed by atoms with E-state index >= 15 is 0 Å². The molecular formula is C26H31NO3S. The van der Waals surface area contributed by atoms with Crippen molar-refractivity contribution in [3.8, 4) is 0 Å². The summed E-state index contributed by atoms with van der Waals surface area (Å²) >= 11 is 0. The van der Waals surface area contributed by atoms with Crippen molar-refractivity contribution in [3.63, 3.8) is 0 Å².